The van der Waals surface area contributed by atoms with Gasteiger partial charge in [-0.15, -0.1) is 0 Å². The van der Waals surface area contributed by atoms with Crippen molar-refractivity contribution in [2.45, 2.75) is 6.54 Å². The molecule has 0 spiro atoms. The minimum absolute atomic E-state index is 0.663. The van der Waals surface area contributed by atoms with Crippen molar-refractivity contribution in [3.05, 3.63) is 115 Å². The Morgan fingerprint density at radius 2 is 1.59 bits per heavy atom. The highest BCUT2D eigenvalue weighted by atomic mass is 15.1. The van der Waals surface area contributed by atoms with Crippen LogP contribution < -0.4 is 10.6 Å². The average molecular weight is 442 g/mol. The summed E-state index contributed by atoms with van der Waals surface area (Å²) in [5.41, 5.74) is 6.52. The van der Waals surface area contributed by atoms with Gasteiger partial charge >= 0.3 is 0 Å². The van der Waals surface area contributed by atoms with E-state index in [1.54, 1.807) is 0 Å². The highest BCUT2D eigenvalue weighted by Gasteiger charge is 2.09. The Kier molecular flexibility index (Phi) is 5.13. The van der Waals surface area contributed by atoms with E-state index in [1.807, 2.05) is 36.5 Å². The first kappa shape index (κ1) is 20.0. The van der Waals surface area contributed by atoms with E-state index < -0.39 is 0 Å². The van der Waals surface area contributed by atoms with Crippen LogP contribution in [0.5, 0.6) is 0 Å². The lowest BCUT2D eigenvalue weighted by Gasteiger charge is -2.13. The molecule has 0 unspecified atom stereocenters. The number of H-pyrrole nitrogens is 1. The molecule has 34 heavy (non-hydrogen) atoms. The van der Waals surface area contributed by atoms with Crippen LogP contribution in [-0.4, -0.2) is 15.0 Å². The van der Waals surface area contributed by atoms with E-state index in [4.69, 9.17) is 0 Å². The monoisotopic (exact) mass is 441 g/mol. The summed E-state index contributed by atoms with van der Waals surface area (Å²) in [4.78, 5) is 12.5. The second kappa shape index (κ2) is 8.71. The summed E-state index contributed by atoms with van der Waals surface area (Å²) in [7, 11) is 0. The van der Waals surface area contributed by atoms with Gasteiger partial charge in [0.1, 0.15) is 5.82 Å². The lowest BCUT2D eigenvalue weighted by molar-refractivity contribution is 1.10. The maximum atomic E-state index is 4.64. The van der Waals surface area contributed by atoms with E-state index in [0.717, 1.165) is 39.4 Å². The molecule has 0 bridgehead atoms. The molecule has 4 aromatic carbocycles. The Morgan fingerprint density at radius 3 is 2.50 bits per heavy atom. The van der Waals surface area contributed by atoms with E-state index in [0.29, 0.717) is 6.54 Å². The molecule has 2 heterocycles. The predicted octanol–water partition coefficient (Wildman–Crippen LogP) is 7.13. The Balaban J connectivity index is 1.25. The van der Waals surface area contributed by atoms with Gasteiger partial charge in [-0.05, 0) is 52.4 Å². The van der Waals surface area contributed by atoms with Crippen LogP contribution in [0.25, 0.3) is 32.9 Å². The van der Waals surface area contributed by atoms with Gasteiger partial charge in [-0.1, -0.05) is 72.8 Å². The van der Waals surface area contributed by atoms with Gasteiger partial charge in [0.15, 0.2) is 0 Å². The molecule has 2 aromatic heterocycles. The molecule has 0 atom stereocenters. The van der Waals surface area contributed by atoms with E-state index in [2.05, 4.69) is 98.4 Å². The van der Waals surface area contributed by atoms with Crippen LogP contribution in [0.4, 0.5) is 17.5 Å². The molecule has 0 saturated heterocycles. The number of nitrogens with zero attached hydrogens (tertiary/aromatic N) is 2. The first-order valence-corrected chi connectivity index (χ1v) is 11.3. The molecule has 0 radical (unpaired) electrons. The molecule has 0 aliphatic heterocycles. The number of fused-ring (bicyclic) bond motifs is 2. The standard InChI is InChI=1S/C29H23N5/c1-2-9-21(10-3-1)23-12-7-13-25-24(23)16-17-30-28(25)32-22-11-6-8-20(18-22)19-31-29-33-26-14-4-5-15-27(26)34-29/h1-18H,19H2,(H,30,32)(H2,31,33,34). The summed E-state index contributed by atoms with van der Waals surface area (Å²) in [5, 5.41) is 9.18. The van der Waals surface area contributed by atoms with Gasteiger partial charge in [-0.25, -0.2) is 9.97 Å². The summed E-state index contributed by atoms with van der Waals surface area (Å²) in [5.74, 6) is 1.61. The van der Waals surface area contributed by atoms with Crippen LogP contribution >= 0.6 is 0 Å². The number of nitrogens with one attached hydrogen (secondary N) is 3. The number of aromatic nitrogens is 3. The van der Waals surface area contributed by atoms with Crippen LogP contribution in [0.3, 0.4) is 0 Å². The van der Waals surface area contributed by atoms with Crippen LogP contribution in [0.1, 0.15) is 5.56 Å². The third-order valence-corrected chi connectivity index (χ3v) is 5.93. The molecule has 0 aliphatic carbocycles. The largest absolute Gasteiger partial charge is 0.352 e. The zero-order chi connectivity index (χ0) is 22.7. The van der Waals surface area contributed by atoms with Crippen molar-refractivity contribution in [2.24, 2.45) is 0 Å². The van der Waals surface area contributed by atoms with Crippen molar-refractivity contribution in [3.63, 3.8) is 0 Å². The second-order valence-electron chi connectivity index (χ2n) is 8.21. The molecule has 0 amide bonds. The van der Waals surface area contributed by atoms with Gasteiger partial charge in [0, 0.05) is 23.8 Å². The number of anilines is 3. The van der Waals surface area contributed by atoms with Gasteiger partial charge in [0.05, 0.1) is 11.0 Å². The zero-order valence-corrected chi connectivity index (χ0v) is 18.5. The Hall–Kier alpha value is -4.64. The van der Waals surface area contributed by atoms with E-state index in [9.17, 15) is 0 Å². The first-order chi connectivity index (χ1) is 16.8. The summed E-state index contributed by atoms with van der Waals surface area (Å²) in [6.45, 7) is 0.663. The Labute approximate surface area is 197 Å². The number of para-hydroxylation sites is 2. The fourth-order valence-electron chi connectivity index (χ4n) is 4.29. The maximum Gasteiger partial charge on any atom is 0.201 e. The third kappa shape index (κ3) is 3.95. The van der Waals surface area contributed by atoms with Gasteiger partial charge in [-0.3, -0.25) is 0 Å². The van der Waals surface area contributed by atoms with Gasteiger partial charge < -0.3 is 15.6 Å². The maximum absolute atomic E-state index is 4.64. The second-order valence-corrected chi connectivity index (χ2v) is 8.21. The zero-order valence-electron chi connectivity index (χ0n) is 18.5. The molecule has 0 saturated carbocycles. The van der Waals surface area contributed by atoms with E-state index in [-0.39, 0.29) is 0 Å². The van der Waals surface area contributed by atoms with E-state index in [1.165, 1.54) is 16.5 Å². The Morgan fingerprint density at radius 1 is 0.735 bits per heavy atom. The fourth-order valence-corrected chi connectivity index (χ4v) is 4.29. The third-order valence-electron chi connectivity index (χ3n) is 5.93. The first-order valence-electron chi connectivity index (χ1n) is 11.3. The molecule has 6 aromatic rings. The summed E-state index contributed by atoms with van der Waals surface area (Å²) in [6, 6.07) is 35.3. The number of rotatable bonds is 6. The molecule has 3 N–H and O–H groups in total. The van der Waals surface area contributed by atoms with Crippen molar-refractivity contribution < 1.29 is 0 Å². The highest BCUT2D eigenvalue weighted by Crippen LogP contribution is 2.32. The van der Waals surface area contributed by atoms with Gasteiger partial charge in [0.2, 0.25) is 5.95 Å². The van der Waals surface area contributed by atoms with Crippen molar-refractivity contribution >= 4 is 39.3 Å². The van der Waals surface area contributed by atoms with Crippen LogP contribution in [0, 0.1) is 0 Å². The minimum atomic E-state index is 0.663. The van der Waals surface area contributed by atoms with Crippen molar-refractivity contribution in [1.29, 1.82) is 0 Å². The fraction of sp³-hybridized carbons (Fsp3) is 0.0345. The van der Waals surface area contributed by atoms with Gasteiger partial charge in [-0.2, -0.15) is 0 Å². The quantitative estimate of drug-likeness (QED) is 0.257. The molecular weight excluding hydrogens is 418 g/mol. The van der Waals surface area contributed by atoms with Crippen molar-refractivity contribution in [2.75, 3.05) is 10.6 Å². The lowest BCUT2D eigenvalue weighted by Crippen LogP contribution is -2.02. The molecule has 164 valence electrons. The molecule has 5 heteroatoms. The summed E-state index contributed by atoms with van der Waals surface area (Å²) in [6.07, 6.45) is 1.87. The number of imidazole rings is 1. The van der Waals surface area contributed by atoms with Gasteiger partial charge in [0.25, 0.3) is 0 Å². The topological polar surface area (TPSA) is 65.6 Å². The average Bonchev–Trinajstić information content (AvgIpc) is 3.31. The normalized spacial score (nSPS) is 11.1. The smallest absolute Gasteiger partial charge is 0.201 e. The molecule has 0 aliphatic rings. The van der Waals surface area contributed by atoms with Crippen LogP contribution in [0.15, 0.2) is 109 Å². The van der Waals surface area contributed by atoms with Crippen molar-refractivity contribution in [1.82, 2.24) is 15.0 Å². The SMILES string of the molecule is c1ccc(-c2cccc3c(Nc4cccc(CNc5nc6ccccc6[nH]5)c4)nccc23)cc1. The Bertz CT molecular complexity index is 1550. The molecule has 6 rings (SSSR count). The number of pyridine rings is 1. The molecule has 0 fully saturated rings. The number of benzene rings is 4. The van der Waals surface area contributed by atoms with E-state index >= 15 is 0 Å². The number of aromatic amines is 1. The van der Waals surface area contributed by atoms with Crippen LogP contribution in [0.2, 0.25) is 0 Å². The minimum Gasteiger partial charge on any atom is -0.352 e. The number of hydrogen-bond donors (Lipinski definition) is 3. The van der Waals surface area contributed by atoms with Crippen molar-refractivity contribution in [3.8, 4) is 11.1 Å². The molecular formula is C29H23N5. The highest BCUT2D eigenvalue weighted by molar-refractivity contribution is 6.02. The molecule has 5 nitrogen and oxygen atoms in total. The number of hydrogen-bond acceptors (Lipinski definition) is 4. The van der Waals surface area contributed by atoms with Crippen LogP contribution in [-0.2, 0) is 6.54 Å². The summed E-state index contributed by atoms with van der Waals surface area (Å²) < 4.78 is 0. The lowest BCUT2D eigenvalue weighted by atomic mass is 9.99. The summed E-state index contributed by atoms with van der Waals surface area (Å²) >= 11 is 0. The predicted molar refractivity (Wildman–Crippen MR) is 140 cm³/mol.